The van der Waals surface area contributed by atoms with E-state index in [1.807, 2.05) is 0 Å². The van der Waals surface area contributed by atoms with Gasteiger partial charge in [-0.25, -0.2) is 23.6 Å². The molecule has 0 aliphatic rings. The summed E-state index contributed by atoms with van der Waals surface area (Å²) in [5.41, 5.74) is 1.05. The summed E-state index contributed by atoms with van der Waals surface area (Å²) < 4.78 is 50.7. The molecule has 3 aromatic rings. The van der Waals surface area contributed by atoms with E-state index < -0.39 is 47.7 Å². The lowest BCUT2D eigenvalue weighted by Crippen LogP contribution is -2.14. The Morgan fingerprint density at radius 3 is 1.80 bits per heavy atom. The number of carbonyl (C=O) groups is 4. The fraction of sp³-hybridized carbons (Fsp3) is 0.100. The normalized spacial score (nSPS) is 9.98. The number of halogens is 2. The number of alkyl halides is 1. The van der Waals surface area contributed by atoms with Gasteiger partial charge < -0.3 is 18.9 Å². The van der Waals surface area contributed by atoms with Crippen molar-refractivity contribution in [2.75, 3.05) is 6.67 Å². The third-order valence-corrected chi connectivity index (χ3v) is 6.35. The Balaban J connectivity index is 2.21. The van der Waals surface area contributed by atoms with Crippen LogP contribution >= 0.6 is 0 Å². The molecule has 0 radical (unpaired) electrons. The van der Waals surface area contributed by atoms with E-state index in [1.54, 1.807) is 24.3 Å². The fourth-order valence-corrected chi connectivity index (χ4v) is 3.93. The molecular weight excluding hydrogens is 646 g/mol. The van der Waals surface area contributed by atoms with Crippen molar-refractivity contribution in [2.24, 2.45) is 0 Å². The molecule has 0 aromatic heterocycles. The monoisotopic (exact) mass is 676 g/mol. The smallest absolute Gasteiger partial charge is 0.337 e. The lowest BCUT2D eigenvalue weighted by atomic mass is 9.96. The first-order chi connectivity index (χ1) is 24.0. The van der Waals surface area contributed by atoms with Crippen LogP contribution in [0.4, 0.5) is 8.78 Å². The molecule has 10 heteroatoms. The second kappa shape index (κ2) is 18.5. The summed E-state index contributed by atoms with van der Waals surface area (Å²) in [6.07, 6.45) is 5.19. The lowest BCUT2D eigenvalue weighted by Gasteiger charge is -2.18. The van der Waals surface area contributed by atoms with Gasteiger partial charge in [-0.05, 0) is 67.8 Å². The molecule has 8 nitrogen and oxygen atoms in total. The Bertz CT molecular complexity index is 2000. The Labute approximate surface area is 288 Å². The Kier molecular flexibility index (Phi) is 14.0. The van der Waals surface area contributed by atoms with E-state index in [9.17, 15) is 23.6 Å². The third-order valence-electron chi connectivity index (χ3n) is 6.35. The van der Waals surface area contributed by atoms with Crippen molar-refractivity contribution < 1.29 is 46.9 Å². The summed E-state index contributed by atoms with van der Waals surface area (Å²) in [6.45, 7) is 14.3. The van der Waals surface area contributed by atoms with Gasteiger partial charge in [-0.3, -0.25) is 4.39 Å². The van der Waals surface area contributed by atoms with Gasteiger partial charge in [-0.15, -0.1) is 0 Å². The molecule has 0 spiro atoms. The summed E-state index contributed by atoms with van der Waals surface area (Å²) >= 11 is 0. The molecular formula is C40H30F2O8. The number of carbonyl (C=O) groups excluding carboxylic acids is 4. The van der Waals surface area contributed by atoms with Crippen molar-refractivity contribution in [3.05, 3.63) is 144 Å². The molecule has 3 rings (SSSR count). The third kappa shape index (κ3) is 10.6. The Morgan fingerprint density at radius 2 is 1.26 bits per heavy atom. The van der Waals surface area contributed by atoms with Gasteiger partial charge in [0, 0.05) is 40.5 Å². The highest BCUT2D eigenvalue weighted by atomic mass is 19.1. The molecule has 3 aromatic carbocycles. The summed E-state index contributed by atoms with van der Waals surface area (Å²) in [7, 11) is 0. The van der Waals surface area contributed by atoms with E-state index in [2.05, 4.69) is 50.0 Å². The highest BCUT2D eigenvalue weighted by Crippen LogP contribution is 2.39. The van der Waals surface area contributed by atoms with Gasteiger partial charge in [-0.1, -0.05) is 62.1 Å². The van der Waals surface area contributed by atoms with Gasteiger partial charge in [-0.2, -0.15) is 0 Å². The average Bonchev–Trinajstić information content (AvgIpc) is 3.12. The summed E-state index contributed by atoms with van der Waals surface area (Å²) in [5.74, 6) is 5.82. The zero-order valence-corrected chi connectivity index (χ0v) is 27.0. The van der Waals surface area contributed by atoms with Gasteiger partial charge in [0.2, 0.25) is 0 Å². The lowest BCUT2D eigenvalue weighted by molar-refractivity contribution is -0.133. The fourth-order valence-electron chi connectivity index (χ4n) is 3.93. The Hall–Kier alpha value is -6.78. The molecule has 0 amide bonds. The predicted molar refractivity (Wildman–Crippen MR) is 183 cm³/mol. The number of benzene rings is 3. The molecule has 0 atom stereocenters. The minimum absolute atomic E-state index is 0.0456. The van der Waals surface area contributed by atoms with Crippen LogP contribution in [0.5, 0.6) is 17.2 Å². The molecule has 50 heavy (non-hydrogen) atoms. The second-order valence-electron chi connectivity index (χ2n) is 10.0. The maximum atomic E-state index is 16.4. The van der Waals surface area contributed by atoms with Crippen LogP contribution < -0.4 is 14.2 Å². The quantitative estimate of drug-likeness (QED) is 0.0672. The summed E-state index contributed by atoms with van der Waals surface area (Å²) in [5, 5.41) is 0. The zero-order valence-electron chi connectivity index (χ0n) is 27.0. The molecule has 0 aliphatic carbocycles. The molecule has 0 heterocycles. The van der Waals surface area contributed by atoms with Crippen LogP contribution in [0.1, 0.15) is 46.7 Å². The molecule has 0 saturated carbocycles. The minimum Gasteiger partial charge on any atom is -0.431 e. The standard InChI is InChI=1S/C40H30F2O8/c1-6-34(43)48-30-19-15-28(16-20-30)17-21-32-31(10-9-24-41)38(49-35(44)7-2)33(37(42)39(32)50-36(45)8-3)22-18-27-11-13-29(14-12-27)23-25-47-40(46)26(4)5/h6-8,11-16,19-20,23,25H,1-4,9-10,24H2,5H3. The first kappa shape index (κ1) is 37.7. The van der Waals surface area contributed by atoms with Crippen molar-refractivity contribution in [2.45, 2.75) is 19.8 Å². The van der Waals surface area contributed by atoms with Crippen LogP contribution in [-0.2, 0) is 30.3 Å². The van der Waals surface area contributed by atoms with Crippen molar-refractivity contribution >= 4 is 30.0 Å². The predicted octanol–water partition coefficient (Wildman–Crippen LogP) is 6.89. The Morgan fingerprint density at radius 1 is 0.740 bits per heavy atom. The molecule has 252 valence electrons. The largest absolute Gasteiger partial charge is 0.431 e. The number of hydrogen-bond donors (Lipinski definition) is 0. The summed E-state index contributed by atoms with van der Waals surface area (Å²) in [6, 6.07) is 12.5. The topological polar surface area (TPSA) is 105 Å². The average molecular weight is 677 g/mol. The first-order valence-corrected chi connectivity index (χ1v) is 14.7. The number of ether oxygens (including phenoxy) is 4. The van der Waals surface area contributed by atoms with E-state index in [-0.39, 0.29) is 41.0 Å². The van der Waals surface area contributed by atoms with Crippen LogP contribution in [-0.4, -0.2) is 30.6 Å². The van der Waals surface area contributed by atoms with Gasteiger partial charge >= 0.3 is 23.9 Å². The molecule has 0 fully saturated rings. The van der Waals surface area contributed by atoms with Crippen LogP contribution in [0.2, 0.25) is 0 Å². The van der Waals surface area contributed by atoms with E-state index in [4.69, 9.17) is 18.9 Å². The molecule has 0 saturated heterocycles. The highest BCUT2D eigenvalue weighted by molar-refractivity contribution is 5.88. The molecule has 0 aliphatic heterocycles. The van der Waals surface area contributed by atoms with E-state index >= 15 is 4.39 Å². The number of rotatable bonds is 12. The number of esters is 4. The SMILES string of the molecule is C=CC(=O)Oc1ccc(C#Cc2c(CCCF)c(OC(=O)C=C)c(C#Cc3ccc(C=COC(=O)C(=C)C)cc3)c(F)c2OC(=O)C=C)cc1. The van der Waals surface area contributed by atoms with Crippen molar-refractivity contribution in [1.82, 2.24) is 0 Å². The van der Waals surface area contributed by atoms with Crippen LogP contribution in [0.25, 0.3) is 6.08 Å². The van der Waals surface area contributed by atoms with Gasteiger partial charge in [0.1, 0.15) is 11.3 Å². The molecule has 0 bridgehead atoms. The maximum Gasteiger partial charge on any atom is 0.337 e. The van der Waals surface area contributed by atoms with Crippen molar-refractivity contribution in [3.63, 3.8) is 0 Å². The zero-order chi connectivity index (χ0) is 36.6. The maximum absolute atomic E-state index is 16.4. The van der Waals surface area contributed by atoms with E-state index in [1.165, 1.54) is 43.5 Å². The van der Waals surface area contributed by atoms with Crippen LogP contribution in [0.3, 0.4) is 0 Å². The summed E-state index contributed by atoms with van der Waals surface area (Å²) in [4.78, 5) is 47.9. The van der Waals surface area contributed by atoms with Crippen LogP contribution in [0.15, 0.2) is 105 Å². The van der Waals surface area contributed by atoms with Gasteiger partial charge in [0.15, 0.2) is 17.3 Å². The molecule has 0 unspecified atom stereocenters. The minimum atomic E-state index is -1.18. The highest BCUT2D eigenvalue weighted by Gasteiger charge is 2.27. The van der Waals surface area contributed by atoms with E-state index in [0.717, 1.165) is 18.2 Å². The molecule has 0 N–H and O–H groups in total. The van der Waals surface area contributed by atoms with Crippen molar-refractivity contribution in [3.8, 4) is 40.9 Å². The van der Waals surface area contributed by atoms with Gasteiger partial charge in [0.25, 0.3) is 0 Å². The number of hydrogen-bond acceptors (Lipinski definition) is 8. The van der Waals surface area contributed by atoms with Crippen molar-refractivity contribution in [1.29, 1.82) is 0 Å². The second-order valence-corrected chi connectivity index (χ2v) is 10.0. The van der Waals surface area contributed by atoms with Gasteiger partial charge in [0.05, 0.1) is 18.5 Å². The first-order valence-electron chi connectivity index (χ1n) is 14.7. The van der Waals surface area contributed by atoms with E-state index in [0.29, 0.717) is 16.7 Å². The van der Waals surface area contributed by atoms with Crippen LogP contribution in [0, 0.1) is 29.5 Å².